The number of aromatic nitrogens is 3. The van der Waals surface area contributed by atoms with E-state index < -0.39 is 0 Å². The zero-order valence-electron chi connectivity index (χ0n) is 15.2. The van der Waals surface area contributed by atoms with Gasteiger partial charge in [0.15, 0.2) is 0 Å². The van der Waals surface area contributed by atoms with Gasteiger partial charge in [0, 0.05) is 30.7 Å². The summed E-state index contributed by atoms with van der Waals surface area (Å²) in [5.41, 5.74) is 3.79. The van der Waals surface area contributed by atoms with Crippen molar-refractivity contribution >= 4 is 17.3 Å². The topological polar surface area (TPSA) is 75.5 Å². The van der Waals surface area contributed by atoms with Crippen LogP contribution in [0.5, 0.6) is 5.88 Å². The quantitative estimate of drug-likeness (QED) is 0.907. The molecule has 0 saturated heterocycles. The number of aliphatic imine (C=N–C) groups is 1. The molecule has 2 aromatic rings. The summed E-state index contributed by atoms with van der Waals surface area (Å²) in [6.07, 6.45) is 4.88. The van der Waals surface area contributed by atoms with Gasteiger partial charge in [0.25, 0.3) is 0 Å². The molecule has 0 bridgehead atoms. The van der Waals surface area contributed by atoms with Crippen molar-refractivity contribution in [2.75, 3.05) is 19.5 Å². The number of nitrogens with one attached hydrogen (secondary N) is 1. The lowest BCUT2D eigenvalue weighted by atomic mass is 10.0. The highest BCUT2D eigenvalue weighted by atomic mass is 16.5. The predicted molar refractivity (Wildman–Crippen MR) is 99.4 cm³/mol. The van der Waals surface area contributed by atoms with Crippen LogP contribution in [-0.4, -0.2) is 45.5 Å². The Kier molecular flexibility index (Phi) is 4.16. The second-order valence-corrected chi connectivity index (χ2v) is 6.76. The minimum atomic E-state index is -0.232. The molecule has 25 heavy (non-hydrogen) atoms. The Hall–Kier alpha value is -2.96. The van der Waals surface area contributed by atoms with Crippen molar-refractivity contribution in [3.63, 3.8) is 0 Å². The number of nitrogens with zero attached hydrogens (tertiary/aromatic N) is 5. The van der Waals surface area contributed by atoms with E-state index in [9.17, 15) is 0 Å². The van der Waals surface area contributed by atoms with Crippen LogP contribution >= 0.6 is 0 Å². The second-order valence-electron chi connectivity index (χ2n) is 6.76. The fourth-order valence-electron chi connectivity index (χ4n) is 2.60. The zero-order chi connectivity index (χ0) is 18.2. The lowest BCUT2D eigenvalue weighted by Crippen LogP contribution is -2.38. The monoisotopic (exact) mass is 338 g/mol. The fourth-order valence-corrected chi connectivity index (χ4v) is 2.60. The molecule has 0 unspecified atom stereocenters. The van der Waals surface area contributed by atoms with E-state index in [1.54, 1.807) is 19.5 Å². The van der Waals surface area contributed by atoms with Gasteiger partial charge in [-0.15, -0.1) is 0 Å². The van der Waals surface area contributed by atoms with Crippen LogP contribution in [0.1, 0.15) is 26.3 Å². The van der Waals surface area contributed by atoms with E-state index in [4.69, 9.17) is 9.73 Å². The molecule has 0 atom stereocenters. The standard InChI is InChI=1S/C18H22N6O/c1-11-12-7-8-20-14(13-9-19-10-21-16(13)25-6)15(12)22-17(24(11)5)23-18(2,3)4/h7-10H,1H2,2-6H3,(H,22,23). The van der Waals surface area contributed by atoms with Gasteiger partial charge in [-0.2, -0.15) is 0 Å². The van der Waals surface area contributed by atoms with Crippen LogP contribution < -0.4 is 10.1 Å². The molecule has 0 saturated carbocycles. The van der Waals surface area contributed by atoms with Crippen LogP contribution in [0.25, 0.3) is 17.0 Å². The molecule has 7 nitrogen and oxygen atoms in total. The molecule has 1 aliphatic rings. The van der Waals surface area contributed by atoms with Gasteiger partial charge in [-0.3, -0.25) is 4.98 Å². The second kappa shape index (κ2) is 6.16. The Morgan fingerprint density at radius 1 is 1.24 bits per heavy atom. The van der Waals surface area contributed by atoms with E-state index in [-0.39, 0.29) is 5.54 Å². The van der Waals surface area contributed by atoms with Crippen molar-refractivity contribution < 1.29 is 4.74 Å². The van der Waals surface area contributed by atoms with Gasteiger partial charge in [0.05, 0.1) is 23.9 Å². The van der Waals surface area contributed by atoms with Crippen molar-refractivity contribution in [3.05, 3.63) is 36.9 Å². The third kappa shape index (κ3) is 3.17. The van der Waals surface area contributed by atoms with Crippen LogP contribution in [0, 0.1) is 0 Å². The maximum atomic E-state index is 5.36. The molecule has 0 spiro atoms. The third-order valence-corrected chi connectivity index (χ3v) is 3.79. The van der Waals surface area contributed by atoms with Gasteiger partial charge >= 0.3 is 0 Å². The SMILES string of the molecule is C=C1c2ccnc(-c3cncnc3OC)c2NC(=NC(C)(C)C)N1C. The molecule has 0 radical (unpaired) electrons. The number of guanidine groups is 1. The number of hydrogen-bond donors (Lipinski definition) is 1. The van der Waals surface area contributed by atoms with Gasteiger partial charge in [0.2, 0.25) is 11.8 Å². The summed E-state index contributed by atoms with van der Waals surface area (Å²) in [6, 6.07) is 1.93. The van der Waals surface area contributed by atoms with E-state index in [0.29, 0.717) is 17.1 Å². The number of hydrogen-bond acceptors (Lipinski definition) is 5. The van der Waals surface area contributed by atoms with Gasteiger partial charge in [0.1, 0.15) is 12.0 Å². The van der Waals surface area contributed by atoms with Crippen LogP contribution in [0.15, 0.2) is 36.4 Å². The van der Waals surface area contributed by atoms with E-state index >= 15 is 0 Å². The normalized spacial score (nSPS) is 15.8. The van der Waals surface area contributed by atoms with Gasteiger partial charge in [-0.25, -0.2) is 15.0 Å². The molecule has 0 fully saturated rings. The fraction of sp³-hybridized carbons (Fsp3) is 0.333. The summed E-state index contributed by atoms with van der Waals surface area (Å²) in [5.74, 6) is 1.19. The molecule has 2 aromatic heterocycles. The first kappa shape index (κ1) is 16.9. The highest BCUT2D eigenvalue weighted by Gasteiger charge is 2.27. The van der Waals surface area contributed by atoms with Crippen LogP contribution in [0.2, 0.25) is 0 Å². The molecular formula is C18H22N6O. The lowest BCUT2D eigenvalue weighted by molar-refractivity contribution is 0.398. The Balaban J connectivity index is 2.19. The minimum absolute atomic E-state index is 0.232. The first-order valence-electron chi connectivity index (χ1n) is 7.95. The first-order valence-corrected chi connectivity index (χ1v) is 7.95. The van der Waals surface area contributed by atoms with E-state index in [1.807, 2.05) is 38.8 Å². The predicted octanol–water partition coefficient (Wildman–Crippen LogP) is 3.03. The molecule has 0 aliphatic carbocycles. The lowest BCUT2D eigenvalue weighted by Gasteiger charge is -2.33. The van der Waals surface area contributed by atoms with Crippen molar-refractivity contribution in [2.24, 2.45) is 4.99 Å². The molecule has 7 heteroatoms. The first-order chi connectivity index (χ1) is 11.8. The summed E-state index contributed by atoms with van der Waals surface area (Å²) in [6.45, 7) is 10.4. The summed E-state index contributed by atoms with van der Waals surface area (Å²) in [5, 5.41) is 3.39. The molecule has 1 aliphatic heterocycles. The van der Waals surface area contributed by atoms with E-state index in [2.05, 4.69) is 26.8 Å². The Morgan fingerprint density at radius 3 is 2.68 bits per heavy atom. The summed E-state index contributed by atoms with van der Waals surface area (Å²) in [4.78, 5) is 19.5. The zero-order valence-corrected chi connectivity index (χ0v) is 15.2. The number of anilines is 1. The molecule has 3 rings (SSSR count). The average molecular weight is 338 g/mol. The summed E-state index contributed by atoms with van der Waals surface area (Å²) < 4.78 is 5.36. The van der Waals surface area contributed by atoms with Crippen LogP contribution in [0.4, 0.5) is 5.69 Å². The Bertz CT molecular complexity index is 853. The van der Waals surface area contributed by atoms with Gasteiger partial charge < -0.3 is 15.0 Å². The molecule has 1 N–H and O–H groups in total. The summed E-state index contributed by atoms with van der Waals surface area (Å²) >= 11 is 0. The smallest absolute Gasteiger partial charge is 0.225 e. The van der Waals surface area contributed by atoms with Crippen molar-refractivity contribution in [1.82, 2.24) is 19.9 Å². The Morgan fingerprint density at radius 2 is 2.00 bits per heavy atom. The molecule has 0 aromatic carbocycles. The number of ether oxygens (including phenoxy) is 1. The third-order valence-electron chi connectivity index (χ3n) is 3.79. The number of pyridine rings is 1. The minimum Gasteiger partial charge on any atom is -0.480 e. The average Bonchev–Trinajstić information content (AvgIpc) is 2.58. The highest BCUT2D eigenvalue weighted by molar-refractivity contribution is 6.08. The maximum Gasteiger partial charge on any atom is 0.225 e. The molecule has 130 valence electrons. The number of rotatable bonds is 2. The van der Waals surface area contributed by atoms with Gasteiger partial charge in [-0.1, -0.05) is 6.58 Å². The highest BCUT2D eigenvalue weighted by Crippen LogP contribution is 2.39. The van der Waals surface area contributed by atoms with E-state index in [1.165, 1.54) is 6.33 Å². The maximum absolute atomic E-state index is 5.36. The molecular weight excluding hydrogens is 316 g/mol. The number of methoxy groups -OCH3 is 1. The summed E-state index contributed by atoms with van der Waals surface area (Å²) in [7, 11) is 3.52. The van der Waals surface area contributed by atoms with E-state index in [0.717, 1.165) is 22.9 Å². The molecule has 0 amide bonds. The number of fused-ring (bicyclic) bond motifs is 1. The van der Waals surface area contributed by atoms with Crippen molar-refractivity contribution in [3.8, 4) is 17.1 Å². The molecule has 3 heterocycles. The van der Waals surface area contributed by atoms with Crippen molar-refractivity contribution in [2.45, 2.75) is 26.3 Å². The largest absolute Gasteiger partial charge is 0.480 e. The van der Waals surface area contributed by atoms with Gasteiger partial charge in [-0.05, 0) is 26.8 Å². The Labute approximate surface area is 147 Å². The van der Waals surface area contributed by atoms with Crippen LogP contribution in [-0.2, 0) is 0 Å². The van der Waals surface area contributed by atoms with Crippen LogP contribution in [0.3, 0.4) is 0 Å². The van der Waals surface area contributed by atoms with Crippen molar-refractivity contribution in [1.29, 1.82) is 0 Å².